The monoisotopic (exact) mass is 359 g/mol. The first-order valence-corrected chi connectivity index (χ1v) is 9.69. The standard InChI is InChI=1S/C19H22ClN3S/c1-18(2)14-8-9-19(18,3)10-15(14)22-23-17-21-16(11-24-17)12-4-6-13(20)7-5-12/h4-7,11,14H,8-10H2,1-3H3,(H,21,23). The molecule has 1 heterocycles. The van der Waals surface area contributed by atoms with Crippen LogP contribution in [0.1, 0.15) is 40.0 Å². The van der Waals surface area contributed by atoms with Crippen molar-refractivity contribution < 1.29 is 0 Å². The number of aromatic nitrogens is 1. The maximum Gasteiger partial charge on any atom is 0.203 e. The van der Waals surface area contributed by atoms with Gasteiger partial charge >= 0.3 is 0 Å². The molecule has 2 aliphatic carbocycles. The predicted octanol–water partition coefficient (Wildman–Crippen LogP) is 6.08. The van der Waals surface area contributed by atoms with Gasteiger partial charge in [0.15, 0.2) is 0 Å². The van der Waals surface area contributed by atoms with E-state index < -0.39 is 0 Å². The Bertz CT molecular complexity index is 790. The summed E-state index contributed by atoms with van der Waals surface area (Å²) in [6.45, 7) is 7.21. The third-order valence-electron chi connectivity index (χ3n) is 6.32. The molecule has 5 heteroatoms. The Balaban J connectivity index is 1.51. The van der Waals surface area contributed by atoms with Crippen molar-refractivity contribution in [2.24, 2.45) is 21.8 Å². The Hall–Kier alpha value is -1.39. The number of anilines is 1. The van der Waals surface area contributed by atoms with Crippen LogP contribution in [0.5, 0.6) is 0 Å². The van der Waals surface area contributed by atoms with E-state index in [-0.39, 0.29) is 0 Å². The fourth-order valence-electron chi connectivity index (χ4n) is 4.30. The summed E-state index contributed by atoms with van der Waals surface area (Å²) in [5.74, 6) is 0.602. The minimum atomic E-state index is 0.352. The first-order chi connectivity index (χ1) is 11.4. The third kappa shape index (κ3) is 2.47. The number of rotatable bonds is 3. The topological polar surface area (TPSA) is 37.3 Å². The Labute approximate surface area is 152 Å². The van der Waals surface area contributed by atoms with Gasteiger partial charge in [0.25, 0.3) is 0 Å². The van der Waals surface area contributed by atoms with E-state index in [1.165, 1.54) is 18.6 Å². The minimum absolute atomic E-state index is 0.352. The molecule has 126 valence electrons. The van der Waals surface area contributed by atoms with Gasteiger partial charge in [0.05, 0.1) is 5.69 Å². The number of hydrogen-bond donors (Lipinski definition) is 1. The van der Waals surface area contributed by atoms with Crippen molar-refractivity contribution in [1.29, 1.82) is 0 Å². The van der Waals surface area contributed by atoms with Gasteiger partial charge in [0, 0.05) is 27.6 Å². The molecule has 2 saturated carbocycles. The van der Waals surface area contributed by atoms with E-state index >= 15 is 0 Å². The molecule has 2 aliphatic rings. The van der Waals surface area contributed by atoms with Crippen molar-refractivity contribution in [3.8, 4) is 11.3 Å². The van der Waals surface area contributed by atoms with Gasteiger partial charge in [-0.25, -0.2) is 4.98 Å². The molecule has 2 bridgehead atoms. The van der Waals surface area contributed by atoms with Gasteiger partial charge in [-0.1, -0.05) is 44.5 Å². The summed E-state index contributed by atoms with van der Waals surface area (Å²) >= 11 is 7.53. The summed E-state index contributed by atoms with van der Waals surface area (Å²) in [6, 6.07) is 7.77. The van der Waals surface area contributed by atoms with Crippen LogP contribution in [0.15, 0.2) is 34.7 Å². The summed E-state index contributed by atoms with van der Waals surface area (Å²) in [7, 11) is 0. The van der Waals surface area contributed by atoms with Gasteiger partial charge in [-0.3, -0.25) is 5.43 Å². The van der Waals surface area contributed by atoms with Crippen molar-refractivity contribution >= 4 is 33.8 Å². The normalized spacial score (nSPS) is 29.3. The van der Waals surface area contributed by atoms with Gasteiger partial charge in [-0.05, 0) is 42.2 Å². The molecular weight excluding hydrogens is 338 g/mol. The van der Waals surface area contributed by atoms with Gasteiger partial charge in [-0.15, -0.1) is 11.3 Å². The maximum atomic E-state index is 5.94. The van der Waals surface area contributed by atoms with Crippen LogP contribution in [0.2, 0.25) is 5.02 Å². The van der Waals surface area contributed by atoms with Crippen LogP contribution in [0.3, 0.4) is 0 Å². The predicted molar refractivity (Wildman–Crippen MR) is 103 cm³/mol. The van der Waals surface area contributed by atoms with Crippen LogP contribution in [0.4, 0.5) is 5.13 Å². The lowest BCUT2D eigenvalue weighted by Gasteiger charge is -2.33. The van der Waals surface area contributed by atoms with Gasteiger partial charge < -0.3 is 0 Å². The number of fused-ring (bicyclic) bond motifs is 2. The van der Waals surface area contributed by atoms with E-state index in [1.54, 1.807) is 11.3 Å². The summed E-state index contributed by atoms with van der Waals surface area (Å²) in [5.41, 5.74) is 7.30. The number of thiazole rings is 1. The number of hydrazone groups is 1. The average molecular weight is 360 g/mol. The van der Waals surface area contributed by atoms with Crippen LogP contribution in [0, 0.1) is 16.7 Å². The van der Waals surface area contributed by atoms with Crippen molar-refractivity contribution in [2.75, 3.05) is 5.43 Å². The van der Waals surface area contributed by atoms with Gasteiger partial charge in [-0.2, -0.15) is 5.10 Å². The molecule has 0 spiro atoms. The molecule has 0 radical (unpaired) electrons. The highest BCUT2D eigenvalue weighted by Crippen LogP contribution is 2.64. The third-order valence-corrected chi connectivity index (χ3v) is 7.32. The largest absolute Gasteiger partial charge is 0.253 e. The number of hydrogen-bond acceptors (Lipinski definition) is 4. The molecule has 0 aliphatic heterocycles. The molecule has 0 saturated heterocycles. The molecule has 2 atom stereocenters. The Morgan fingerprint density at radius 1 is 1.25 bits per heavy atom. The zero-order valence-electron chi connectivity index (χ0n) is 14.3. The average Bonchev–Trinajstić information content (AvgIpc) is 3.15. The molecule has 4 rings (SSSR count). The number of nitrogens with one attached hydrogen (secondary N) is 1. The quantitative estimate of drug-likeness (QED) is 0.674. The summed E-state index contributed by atoms with van der Waals surface area (Å²) in [6.07, 6.45) is 3.69. The molecule has 3 nitrogen and oxygen atoms in total. The first-order valence-electron chi connectivity index (χ1n) is 8.43. The molecule has 1 aromatic carbocycles. The zero-order chi connectivity index (χ0) is 16.9. The molecule has 2 aromatic rings. The highest BCUT2D eigenvalue weighted by Gasteiger charge is 2.59. The SMILES string of the molecule is CC12CCC(C(=NNc3nc(-c4ccc(Cl)cc4)cs3)C1)C2(C)C. The fraction of sp³-hybridized carbons (Fsp3) is 0.474. The minimum Gasteiger partial charge on any atom is -0.253 e. The second kappa shape index (κ2) is 5.57. The van der Waals surface area contributed by atoms with Crippen LogP contribution in [-0.2, 0) is 0 Å². The fourth-order valence-corrected chi connectivity index (χ4v) is 5.09. The van der Waals surface area contributed by atoms with Crippen LogP contribution in [0.25, 0.3) is 11.3 Å². The van der Waals surface area contributed by atoms with E-state index in [0.717, 1.165) is 27.8 Å². The second-order valence-corrected chi connectivity index (χ2v) is 9.10. The van der Waals surface area contributed by atoms with Gasteiger partial charge in [0.1, 0.15) is 0 Å². The van der Waals surface area contributed by atoms with Crippen LogP contribution in [-0.4, -0.2) is 10.7 Å². The number of nitrogens with zero attached hydrogens (tertiary/aromatic N) is 2. The highest BCUT2D eigenvalue weighted by atomic mass is 35.5. The van der Waals surface area contributed by atoms with Gasteiger partial charge in [0.2, 0.25) is 5.13 Å². The smallest absolute Gasteiger partial charge is 0.203 e. The Kier molecular flexibility index (Phi) is 3.73. The Morgan fingerprint density at radius 2 is 2.00 bits per heavy atom. The van der Waals surface area contributed by atoms with Crippen LogP contribution >= 0.6 is 22.9 Å². The van der Waals surface area contributed by atoms with Crippen LogP contribution < -0.4 is 5.43 Å². The molecular formula is C19H22ClN3S. The van der Waals surface area contributed by atoms with E-state index in [9.17, 15) is 0 Å². The maximum absolute atomic E-state index is 5.94. The molecule has 24 heavy (non-hydrogen) atoms. The molecule has 0 amide bonds. The second-order valence-electron chi connectivity index (χ2n) is 7.81. The van der Waals surface area contributed by atoms with Crippen molar-refractivity contribution in [3.05, 3.63) is 34.7 Å². The first kappa shape index (κ1) is 16.1. The Morgan fingerprint density at radius 3 is 2.62 bits per heavy atom. The number of benzene rings is 1. The lowest BCUT2D eigenvalue weighted by molar-refractivity contribution is 0.152. The number of halogens is 1. The summed E-state index contributed by atoms with van der Waals surface area (Å²) in [4.78, 5) is 4.64. The van der Waals surface area contributed by atoms with E-state index in [1.807, 2.05) is 24.3 Å². The van der Waals surface area contributed by atoms with Crippen molar-refractivity contribution in [2.45, 2.75) is 40.0 Å². The molecule has 1 N–H and O–H groups in total. The summed E-state index contributed by atoms with van der Waals surface area (Å²) < 4.78 is 0. The van der Waals surface area contributed by atoms with Crippen molar-refractivity contribution in [1.82, 2.24) is 4.98 Å². The van der Waals surface area contributed by atoms with Crippen molar-refractivity contribution in [3.63, 3.8) is 0 Å². The molecule has 2 unspecified atom stereocenters. The highest BCUT2D eigenvalue weighted by molar-refractivity contribution is 7.14. The lowest BCUT2D eigenvalue weighted by Crippen LogP contribution is -2.26. The summed E-state index contributed by atoms with van der Waals surface area (Å²) in [5, 5.41) is 8.37. The molecule has 2 fully saturated rings. The molecule has 1 aromatic heterocycles. The van der Waals surface area contributed by atoms with E-state index in [4.69, 9.17) is 16.7 Å². The van der Waals surface area contributed by atoms with E-state index in [2.05, 4.69) is 36.6 Å². The zero-order valence-corrected chi connectivity index (χ0v) is 15.8. The lowest BCUT2D eigenvalue weighted by atomic mass is 9.71. The van der Waals surface area contributed by atoms with E-state index in [0.29, 0.717) is 16.7 Å².